The number of hydrogen-bond acceptors (Lipinski definition) is 13. The molecule has 400 valence electrons. The zero-order valence-electron chi connectivity index (χ0n) is 42.5. The molecule has 0 aliphatic carbocycles. The van der Waals surface area contributed by atoms with Crippen LogP contribution in [0.3, 0.4) is 0 Å². The second-order valence-electron chi connectivity index (χ2n) is 18.3. The summed E-state index contributed by atoms with van der Waals surface area (Å²) in [4.78, 5) is 13.2. The molecule has 14 nitrogen and oxygen atoms in total. The Morgan fingerprint density at radius 2 is 0.986 bits per heavy atom. The lowest BCUT2D eigenvalue weighted by atomic mass is 9.97. The Kier molecular flexibility index (Phi) is 37.3. The third-order valence-electron chi connectivity index (χ3n) is 12.3. The van der Waals surface area contributed by atoms with E-state index in [0.29, 0.717) is 12.8 Å². The van der Waals surface area contributed by atoms with Crippen molar-refractivity contribution in [2.45, 2.75) is 229 Å². The molecular weight excluding hydrogens is 895 g/mol. The van der Waals surface area contributed by atoms with Gasteiger partial charge in [0.2, 0.25) is 5.91 Å². The van der Waals surface area contributed by atoms with Crippen LogP contribution in [0.2, 0.25) is 0 Å². The first kappa shape index (κ1) is 63.0. The standard InChI is InChI=1S/C56H93NO13/c1-3-5-7-9-11-13-15-17-18-19-20-21-22-23-24-25-26-28-30-32-34-36-38-40-48(61)57-44(45(60)39-37-35-33-31-29-27-16-14-12-10-8-6-4-2)43-67-55-53(66)51(64)54(47(42-59)69-55)70-56-52(65)50(63)49(62)46(41-58)68-56/h5,7,11,13,17-18,20-21,23-24,26,28,32,34,37,39,44-47,49-56,58-60,62-66H,3-4,6,8-10,12,14-16,19,22,25,27,29-31,33,35-36,38,40-43H2,1-2H3,(H,57,61)/b7-5-,13-11-,18-17-,21-20-,24-23-,28-26-,34-32-,39-37+. The largest absolute Gasteiger partial charge is 0.394 e. The summed E-state index contributed by atoms with van der Waals surface area (Å²) < 4.78 is 22.7. The Labute approximate surface area is 420 Å². The Morgan fingerprint density at radius 1 is 0.529 bits per heavy atom. The zero-order chi connectivity index (χ0) is 51.0. The zero-order valence-corrected chi connectivity index (χ0v) is 42.5. The van der Waals surface area contributed by atoms with Crippen molar-refractivity contribution >= 4 is 5.91 Å². The van der Waals surface area contributed by atoms with Gasteiger partial charge in [0, 0.05) is 6.42 Å². The second kappa shape index (κ2) is 41.4. The van der Waals surface area contributed by atoms with Crippen molar-refractivity contribution in [2.24, 2.45) is 0 Å². The number of ether oxygens (including phenoxy) is 4. The highest BCUT2D eigenvalue weighted by Crippen LogP contribution is 2.30. The molecule has 2 heterocycles. The predicted octanol–water partition coefficient (Wildman–Crippen LogP) is 7.54. The first-order valence-electron chi connectivity index (χ1n) is 26.5. The SMILES string of the molecule is CC/C=C\C/C=C\C/C=C\C/C=C\C/C=C\C/C=C\C/C=C\CCCC(=O)NC(COC1OC(CO)C(OC2OC(CO)C(O)C(O)C2O)C(O)C1O)C(O)/C=C/CCCCCCCCCCCCC. The highest BCUT2D eigenvalue weighted by molar-refractivity contribution is 5.76. The molecule has 2 aliphatic rings. The first-order valence-corrected chi connectivity index (χ1v) is 26.5. The van der Waals surface area contributed by atoms with Gasteiger partial charge in [-0.15, -0.1) is 0 Å². The molecule has 2 fully saturated rings. The molecule has 1 amide bonds. The fourth-order valence-electron chi connectivity index (χ4n) is 7.98. The maximum absolute atomic E-state index is 13.2. The summed E-state index contributed by atoms with van der Waals surface area (Å²) in [5.74, 6) is -0.303. The van der Waals surface area contributed by atoms with Crippen LogP contribution in [-0.4, -0.2) is 140 Å². The van der Waals surface area contributed by atoms with Gasteiger partial charge in [0.15, 0.2) is 12.6 Å². The summed E-state index contributed by atoms with van der Waals surface area (Å²) in [5.41, 5.74) is 0. The van der Waals surface area contributed by atoms with Crippen molar-refractivity contribution < 1.29 is 64.6 Å². The molecule has 0 radical (unpaired) electrons. The van der Waals surface area contributed by atoms with Crippen LogP contribution >= 0.6 is 0 Å². The van der Waals surface area contributed by atoms with Crippen LogP contribution in [0.1, 0.15) is 155 Å². The van der Waals surface area contributed by atoms with E-state index >= 15 is 0 Å². The van der Waals surface area contributed by atoms with Gasteiger partial charge >= 0.3 is 0 Å². The average molecular weight is 988 g/mol. The molecule has 0 aromatic rings. The summed E-state index contributed by atoms with van der Waals surface area (Å²) in [7, 11) is 0. The van der Waals surface area contributed by atoms with Gasteiger partial charge in [-0.3, -0.25) is 4.79 Å². The summed E-state index contributed by atoms with van der Waals surface area (Å²) in [6.07, 6.45) is 38.8. The van der Waals surface area contributed by atoms with Crippen molar-refractivity contribution in [3.63, 3.8) is 0 Å². The van der Waals surface area contributed by atoms with Gasteiger partial charge in [0.25, 0.3) is 0 Å². The van der Waals surface area contributed by atoms with Gasteiger partial charge in [-0.2, -0.15) is 0 Å². The fourth-order valence-corrected chi connectivity index (χ4v) is 7.98. The fraction of sp³-hybridized carbons (Fsp3) is 0.696. The molecule has 14 heteroatoms. The quantitative estimate of drug-likeness (QED) is 0.0215. The minimum atomic E-state index is -1.80. The van der Waals surface area contributed by atoms with E-state index in [2.05, 4.69) is 98.2 Å². The molecule has 2 aliphatic heterocycles. The van der Waals surface area contributed by atoms with E-state index in [0.717, 1.165) is 70.6 Å². The maximum atomic E-state index is 13.2. The average Bonchev–Trinajstić information content (AvgIpc) is 3.36. The second-order valence-corrected chi connectivity index (χ2v) is 18.3. The van der Waals surface area contributed by atoms with Crippen LogP contribution in [-0.2, 0) is 23.7 Å². The van der Waals surface area contributed by atoms with E-state index in [1.807, 2.05) is 12.2 Å². The lowest BCUT2D eigenvalue weighted by molar-refractivity contribution is -0.359. The van der Waals surface area contributed by atoms with E-state index in [1.165, 1.54) is 51.4 Å². The molecular formula is C56H93NO13. The van der Waals surface area contributed by atoms with Crippen LogP contribution in [0.5, 0.6) is 0 Å². The number of nitrogens with one attached hydrogen (secondary N) is 1. The van der Waals surface area contributed by atoms with Crippen LogP contribution in [0.4, 0.5) is 0 Å². The number of unbranched alkanes of at least 4 members (excludes halogenated alkanes) is 12. The first-order chi connectivity index (χ1) is 34.1. The van der Waals surface area contributed by atoms with Crippen LogP contribution in [0, 0.1) is 0 Å². The minimum Gasteiger partial charge on any atom is -0.394 e. The molecule has 70 heavy (non-hydrogen) atoms. The Balaban J connectivity index is 1.85. The van der Waals surface area contributed by atoms with E-state index in [4.69, 9.17) is 18.9 Å². The molecule has 0 saturated carbocycles. The molecule has 9 N–H and O–H groups in total. The highest BCUT2D eigenvalue weighted by atomic mass is 16.7. The molecule has 12 atom stereocenters. The lowest BCUT2D eigenvalue weighted by Crippen LogP contribution is -2.65. The van der Waals surface area contributed by atoms with Crippen molar-refractivity contribution in [2.75, 3.05) is 19.8 Å². The smallest absolute Gasteiger partial charge is 0.220 e. The topological polar surface area (TPSA) is 228 Å². The minimum absolute atomic E-state index is 0.195. The van der Waals surface area contributed by atoms with Crippen molar-refractivity contribution in [3.05, 3.63) is 97.2 Å². The number of rotatable bonds is 39. The number of aliphatic hydroxyl groups excluding tert-OH is 8. The highest BCUT2D eigenvalue weighted by Gasteiger charge is 2.51. The number of carbonyl (C=O) groups is 1. The Hall–Kier alpha value is -3.09. The van der Waals surface area contributed by atoms with Gasteiger partial charge < -0.3 is 65.1 Å². The lowest BCUT2D eigenvalue weighted by Gasteiger charge is -2.46. The van der Waals surface area contributed by atoms with E-state index in [-0.39, 0.29) is 18.9 Å². The number of amides is 1. The third-order valence-corrected chi connectivity index (χ3v) is 12.3. The summed E-state index contributed by atoms with van der Waals surface area (Å²) >= 11 is 0. The van der Waals surface area contributed by atoms with E-state index < -0.39 is 86.8 Å². The number of carbonyl (C=O) groups excluding carboxylic acids is 1. The molecule has 2 rings (SSSR count). The Morgan fingerprint density at radius 3 is 1.50 bits per heavy atom. The number of hydrogen-bond donors (Lipinski definition) is 9. The summed E-state index contributed by atoms with van der Waals surface area (Å²) in [5, 5.41) is 86.7. The van der Waals surface area contributed by atoms with Crippen LogP contribution in [0.15, 0.2) is 97.2 Å². The molecule has 12 unspecified atom stereocenters. The summed E-state index contributed by atoms with van der Waals surface area (Å²) in [6, 6.07) is -0.951. The van der Waals surface area contributed by atoms with Crippen molar-refractivity contribution in [1.82, 2.24) is 5.32 Å². The van der Waals surface area contributed by atoms with Crippen LogP contribution in [0.25, 0.3) is 0 Å². The van der Waals surface area contributed by atoms with Gasteiger partial charge in [0.1, 0.15) is 48.8 Å². The number of aliphatic hydroxyl groups is 8. The van der Waals surface area contributed by atoms with Crippen LogP contribution < -0.4 is 5.32 Å². The van der Waals surface area contributed by atoms with Crippen molar-refractivity contribution in [1.29, 1.82) is 0 Å². The molecule has 0 aromatic heterocycles. The number of allylic oxidation sites excluding steroid dienone is 15. The van der Waals surface area contributed by atoms with E-state index in [9.17, 15) is 45.6 Å². The van der Waals surface area contributed by atoms with Crippen molar-refractivity contribution in [3.8, 4) is 0 Å². The van der Waals surface area contributed by atoms with E-state index in [1.54, 1.807) is 6.08 Å². The van der Waals surface area contributed by atoms with Gasteiger partial charge in [-0.1, -0.05) is 175 Å². The predicted molar refractivity (Wildman–Crippen MR) is 276 cm³/mol. The monoisotopic (exact) mass is 988 g/mol. The molecule has 0 aromatic carbocycles. The molecule has 0 spiro atoms. The summed E-state index contributed by atoms with van der Waals surface area (Å²) in [6.45, 7) is 2.60. The third kappa shape index (κ3) is 27.7. The maximum Gasteiger partial charge on any atom is 0.220 e. The van der Waals surface area contributed by atoms with Gasteiger partial charge in [-0.05, 0) is 70.6 Å². The van der Waals surface area contributed by atoms with Gasteiger partial charge in [0.05, 0.1) is 32.0 Å². The molecule has 2 saturated heterocycles. The van der Waals surface area contributed by atoms with Gasteiger partial charge in [-0.25, -0.2) is 0 Å². The Bertz CT molecular complexity index is 1540. The molecule has 0 bridgehead atoms. The normalized spacial score (nSPS) is 26.8.